The van der Waals surface area contributed by atoms with Gasteiger partial charge in [0.2, 0.25) is 5.91 Å². The van der Waals surface area contributed by atoms with Crippen LogP contribution in [-0.4, -0.2) is 23.0 Å². The molecule has 0 spiro atoms. The molecule has 0 heterocycles. The van der Waals surface area contributed by atoms with E-state index in [-0.39, 0.29) is 17.9 Å². The van der Waals surface area contributed by atoms with Crippen molar-refractivity contribution in [1.29, 1.82) is 0 Å². The molecule has 0 saturated heterocycles. The predicted octanol–water partition coefficient (Wildman–Crippen LogP) is 2.57. The van der Waals surface area contributed by atoms with E-state index < -0.39 is 11.9 Å². The second kappa shape index (κ2) is 6.40. The van der Waals surface area contributed by atoms with Gasteiger partial charge in [0, 0.05) is 6.04 Å². The smallest absolute Gasteiger partial charge is 0.307 e. The van der Waals surface area contributed by atoms with Crippen LogP contribution in [-0.2, 0) is 9.59 Å². The van der Waals surface area contributed by atoms with Gasteiger partial charge in [0.1, 0.15) is 0 Å². The Kier molecular flexibility index (Phi) is 4.83. The number of carboxylic acids is 1. The third-order valence-electron chi connectivity index (χ3n) is 4.90. The second-order valence-corrected chi connectivity index (χ2v) is 6.18. The molecule has 0 aliphatic heterocycles. The maximum atomic E-state index is 12.2. The topological polar surface area (TPSA) is 66.4 Å². The number of carboxylic acid groups (broad SMARTS) is 1. The molecule has 4 heteroatoms. The van der Waals surface area contributed by atoms with E-state index in [9.17, 15) is 9.59 Å². The van der Waals surface area contributed by atoms with Crippen LogP contribution in [0.2, 0.25) is 0 Å². The van der Waals surface area contributed by atoms with E-state index in [1.54, 1.807) is 0 Å². The molecular weight excluding hydrogens is 242 g/mol. The summed E-state index contributed by atoms with van der Waals surface area (Å²) in [4.78, 5) is 23.4. The Balaban J connectivity index is 1.87. The van der Waals surface area contributed by atoms with Crippen LogP contribution >= 0.6 is 0 Å². The number of aliphatic carboxylic acids is 1. The van der Waals surface area contributed by atoms with E-state index in [0.717, 1.165) is 12.8 Å². The van der Waals surface area contributed by atoms with Gasteiger partial charge in [-0.25, -0.2) is 0 Å². The average Bonchev–Trinajstić information content (AvgIpc) is 2.89. The number of carbonyl (C=O) groups excluding carboxylic acids is 1. The first kappa shape index (κ1) is 14.4. The summed E-state index contributed by atoms with van der Waals surface area (Å²) < 4.78 is 0. The van der Waals surface area contributed by atoms with Crippen molar-refractivity contribution >= 4 is 11.9 Å². The first-order valence-corrected chi connectivity index (χ1v) is 7.62. The lowest BCUT2D eigenvalue weighted by atomic mass is 9.84. The zero-order chi connectivity index (χ0) is 13.8. The SMILES string of the molecule is CC(NC(=O)[C@@H]1CCC[C@@H]1C(=O)O)C1CCCCC1. The number of amides is 1. The fraction of sp³-hybridized carbons (Fsp3) is 0.867. The van der Waals surface area contributed by atoms with Crippen LogP contribution in [0, 0.1) is 17.8 Å². The van der Waals surface area contributed by atoms with Crippen LogP contribution in [0.1, 0.15) is 58.3 Å². The molecule has 0 bridgehead atoms. The van der Waals surface area contributed by atoms with Gasteiger partial charge in [-0.05, 0) is 38.5 Å². The number of rotatable bonds is 4. The third-order valence-corrected chi connectivity index (χ3v) is 4.90. The van der Waals surface area contributed by atoms with Gasteiger partial charge in [0.25, 0.3) is 0 Å². The summed E-state index contributed by atoms with van der Waals surface area (Å²) in [6, 6.07) is 0.183. The van der Waals surface area contributed by atoms with E-state index >= 15 is 0 Å². The first-order valence-electron chi connectivity index (χ1n) is 7.62. The highest BCUT2D eigenvalue weighted by Gasteiger charge is 2.38. The van der Waals surface area contributed by atoms with Gasteiger partial charge in [-0.15, -0.1) is 0 Å². The molecule has 2 aliphatic rings. The van der Waals surface area contributed by atoms with Crippen molar-refractivity contribution in [3.05, 3.63) is 0 Å². The molecular formula is C15H25NO3. The van der Waals surface area contributed by atoms with E-state index in [0.29, 0.717) is 12.3 Å². The third kappa shape index (κ3) is 3.48. The van der Waals surface area contributed by atoms with Crippen LogP contribution in [0.5, 0.6) is 0 Å². The maximum Gasteiger partial charge on any atom is 0.307 e. The molecule has 0 aromatic rings. The number of nitrogens with one attached hydrogen (secondary N) is 1. The van der Waals surface area contributed by atoms with Gasteiger partial charge in [-0.2, -0.15) is 0 Å². The molecule has 0 aromatic carbocycles. The molecule has 108 valence electrons. The Morgan fingerprint density at radius 3 is 2.26 bits per heavy atom. The lowest BCUT2D eigenvalue weighted by Gasteiger charge is -2.29. The van der Waals surface area contributed by atoms with Gasteiger partial charge < -0.3 is 10.4 Å². The van der Waals surface area contributed by atoms with Crippen molar-refractivity contribution in [2.45, 2.75) is 64.3 Å². The minimum Gasteiger partial charge on any atom is -0.481 e. The van der Waals surface area contributed by atoms with E-state index in [1.807, 2.05) is 0 Å². The van der Waals surface area contributed by atoms with Crippen molar-refractivity contribution in [3.8, 4) is 0 Å². The van der Waals surface area contributed by atoms with Gasteiger partial charge in [-0.3, -0.25) is 9.59 Å². The summed E-state index contributed by atoms with van der Waals surface area (Å²) >= 11 is 0. The standard InChI is InChI=1S/C15H25NO3/c1-10(11-6-3-2-4-7-11)16-14(17)12-8-5-9-13(12)15(18)19/h10-13H,2-9H2,1H3,(H,16,17)(H,18,19)/t10?,12-,13+/m1/s1. The summed E-state index contributed by atoms with van der Waals surface area (Å²) in [6.45, 7) is 2.07. The highest BCUT2D eigenvalue weighted by atomic mass is 16.4. The largest absolute Gasteiger partial charge is 0.481 e. The fourth-order valence-corrected chi connectivity index (χ4v) is 3.65. The Morgan fingerprint density at radius 1 is 1.00 bits per heavy atom. The Hall–Kier alpha value is -1.06. The molecule has 0 radical (unpaired) electrons. The average molecular weight is 267 g/mol. The van der Waals surface area contributed by atoms with Gasteiger partial charge in [0.05, 0.1) is 11.8 Å². The minimum absolute atomic E-state index is 0.0389. The van der Waals surface area contributed by atoms with Crippen molar-refractivity contribution in [3.63, 3.8) is 0 Å². The monoisotopic (exact) mass is 267 g/mol. The lowest BCUT2D eigenvalue weighted by Crippen LogP contribution is -2.43. The van der Waals surface area contributed by atoms with Crippen molar-refractivity contribution in [1.82, 2.24) is 5.32 Å². The van der Waals surface area contributed by atoms with E-state index in [1.165, 1.54) is 32.1 Å². The summed E-state index contributed by atoms with van der Waals surface area (Å²) in [7, 11) is 0. The molecule has 19 heavy (non-hydrogen) atoms. The van der Waals surface area contributed by atoms with Crippen LogP contribution in [0.25, 0.3) is 0 Å². The molecule has 2 fully saturated rings. The summed E-state index contributed by atoms with van der Waals surface area (Å²) in [5, 5.41) is 12.2. The quantitative estimate of drug-likeness (QED) is 0.822. The molecule has 4 nitrogen and oxygen atoms in total. The van der Waals surface area contributed by atoms with Crippen LogP contribution < -0.4 is 5.32 Å². The molecule has 1 unspecified atom stereocenters. The van der Waals surface area contributed by atoms with Crippen LogP contribution in [0.3, 0.4) is 0 Å². The number of hydrogen-bond acceptors (Lipinski definition) is 2. The van der Waals surface area contributed by atoms with E-state index in [2.05, 4.69) is 12.2 Å². The fourth-order valence-electron chi connectivity index (χ4n) is 3.65. The molecule has 2 saturated carbocycles. The molecule has 1 amide bonds. The number of hydrogen-bond donors (Lipinski definition) is 2. The van der Waals surface area contributed by atoms with E-state index in [4.69, 9.17) is 5.11 Å². The maximum absolute atomic E-state index is 12.2. The Labute approximate surface area is 115 Å². The first-order chi connectivity index (χ1) is 9.09. The molecule has 2 N–H and O–H groups in total. The molecule has 2 rings (SSSR count). The Morgan fingerprint density at radius 2 is 1.63 bits per heavy atom. The highest BCUT2D eigenvalue weighted by molar-refractivity contribution is 5.85. The van der Waals surface area contributed by atoms with Gasteiger partial charge in [0.15, 0.2) is 0 Å². The molecule has 3 atom stereocenters. The zero-order valence-electron chi connectivity index (χ0n) is 11.7. The minimum atomic E-state index is -0.817. The van der Waals surface area contributed by atoms with Crippen molar-refractivity contribution < 1.29 is 14.7 Å². The molecule has 2 aliphatic carbocycles. The zero-order valence-corrected chi connectivity index (χ0v) is 11.7. The normalized spacial score (nSPS) is 29.9. The van der Waals surface area contributed by atoms with Crippen molar-refractivity contribution in [2.75, 3.05) is 0 Å². The van der Waals surface area contributed by atoms with Crippen LogP contribution in [0.15, 0.2) is 0 Å². The lowest BCUT2D eigenvalue weighted by molar-refractivity contribution is -0.146. The summed E-state index contributed by atoms with van der Waals surface area (Å²) in [5.41, 5.74) is 0. The van der Waals surface area contributed by atoms with Gasteiger partial charge >= 0.3 is 5.97 Å². The molecule has 0 aromatic heterocycles. The predicted molar refractivity (Wildman–Crippen MR) is 72.6 cm³/mol. The summed E-state index contributed by atoms with van der Waals surface area (Å²) in [5.74, 6) is -1.07. The van der Waals surface area contributed by atoms with Crippen molar-refractivity contribution in [2.24, 2.45) is 17.8 Å². The second-order valence-electron chi connectivity index (χ2n) is 6.18. The Bertz CT molecular complexity index is 336. The van der Waals surface area contributed by atoms with Gasteiger partial charge in [-0.1, -0.05) is 25.7 Å². The highest BCUT2D eigenvalue weighted by Crippen LogP contribution is 2.33. The number of carbonyl (C=O) groups is 2. The summed E-state index contributed by atoms with van der Waals surface area (Å²) in [6.07, 6.45) is 8.42. The van der Waals surface area contributed by atoms with Crippen LogP contribution in [0.4, 0.5) is 0 Å².